The van der Waals surface area contributed by atoms with E-state index >= 15 is 0 Å². The summed E-state index contributed by atoms with van der Waals surface area (Å²) in [7, 11) is -3.35. The fourth-order valence-corrected chi connectivity index (χ4v) is 2.85. The van der Waals surface area contributed by atoms with E-state index in [9.17, 15) is 13.2 Å². The second kappa shape index (κ2) is 7.31. The molecule has 0 aliphatic heterocycles. The molecule has 0 bridgehead atoms. The Morgan fingerprint density at radius 2 is 1.92 bits per heavy atom. The Kier molecular flexibility index (Phi) is 4.94. The van der Waals surface area contributed by atoms with Crippen LogP contribution in [-0.4, -0.2) is 41.2 Å². The van der Waals surface area contributed by atoms with E-state index in [1.807, 2.05) is 0 Å². The summed E-state index contributed by atoms with van der Waals surface area (Å²) < 4.78 is 25.0. The quantitative estimate of drug-likeness (QED) is 0.595. The number of carbonyl (C=O) groups excluding carboxylic acids is 1. The predicted octanol–water partition coefficient (Wildman–Crippen LogP) is 1.17. The number of aromatic nitrogens is 4. The maximum atomic E-state index is 12.3. The lowest BCUT2D eigenvalue weighted by Gasteiger charge is -2.08. The molecule has 0 radical (unpaired) electrons. The zero-order chi connectivity index (χ0) is 18.6. The highest BCUT2D eigenvalue weighted by molar-refractivity contribution is 7.92. The van der Waals surface area contributed by atoms with Crippen molar-refractivity contribution in [1.82, 2.24) is 25.9 Å². The predicted molar refractivity (Wildman–Crippen MR) is 95.7 cm³/mol. The van der Waals surface area contributed by atoms with Gasteiger partial charge in [-0.25, -0.2) is 8.42 Å². The average Bonchev–Trinajstić information content (AvgIpc) is 3.13. The number of nitrogens with zero attached hydrogens (tertiary/aromatic N) is 3. The van der Waals surface area contributed by atoms with E-state index in [0.29, 0.717) is 17.1 Å². The van der Waals surface area contributed by atoms with Crippen molar-refractivity contribution in [2.45, 2.75) is 6.54 Å². The van der Waals surface area contributed by atoms with Crippen LogP contribution in [0.1, 0.15) is 15.9 Å². The molecule has 3 N–H and O–H groups in total. The third-order valence-corrected chi connectivity index (χ3v) is 4.04. The van der Waals surface area contributed by atoms with Crippen LogP contribution in [0.25, 0.3) is 11.4 Å². The first-order valence-corrected chi connectivity index (χ1v) is 9.49. The summed E-state index contributed by atoms with van der Waals surface area (Å²) in [5, 5.41) is 16.4. The number of rotatable bonds is 6. The first kappa shape index (κ1) is 17.5. The third-order valence-electron chi connectivity index (χ3n) is 3.43. The van der Waals surface area contributed by atoms with Crippen LogP contribution >= 0.6 is 0 Å². The lowest BCUT2D eigenvalue weighted by Crippen LogP contribution is -2.22. The maximum Gasteiger partial charge on any atom is 0.251 e. The number of tetrazole rings is 1. The molecule has 3 aromatic rings. The topological polar surface area (TPSA) is 130 Å². The minimum Gasteiger partial charge on any atom is -0.348 e. The monoisotopic (exact) mass is 372 g/mol. The number of nitrogens with one attached hydrogen (secondary N) is 3. The number of sulfonamides is 1. The number of hydrogen-bond donors (Lipinski definition) is 3. The minimum absolute atomic E-state index is 0.244. The van der Waals surface area contributed by atoms with Gasteiger partial charge in [-0.2, -0.15) is 5.21 Å². The van der Waals surface area contributed by atoms with Gasteiger partial charge in [-0.05, 0) is 35.0 Å². The van der Waals surface area contributed by atoms with Gasteiger partial charge in [0.2, 0.25) is 15.8 Å². The fraction of sp³-hybridized carbons (Fsp3) is 0.125. The molecule has 0 atom stereocenters. The summed E-state index contributed by atoms with van der Waals surface area (Å²) >= 11 is 0. The molecule has 9 nitrogen and oxygen atoms in total. The SMILES string of the molecule is CS(=O)(=O)Nc1cccc(CNC(=O)c2ccc(-c3nn[nH]n3)cc2)c1. The van der Waals surface area contributed by atoms with Gasteiger partial charge in [-0.3, -0.25) is 9.52 Å². The van der Waals surface area contributed by atoms with E-state index in [-0.39, 0.29) is 12.5 Å². The Morgan fingerprint density at radius 3 is 2.58 bits per heavy atom. The van der Waals surface area contributed by atoms with E-state index in [0.717, 1.165) is 17.4 Å². The third kappa shape index (κ3) is 4.63. The van der Waals surface area contributed by atoms with Crippen molar-refractivity contribution in [1.29, 1.82) is 0 Å². The van der Waals surface area contributed by atoms with E-state index in [2.05, 4.69) is 30.7 Å². The van der Waals surface area contributed by atoms with Gasteiger partial charge in [0.1, 0.15) is 0 Å². The molecule has 134 valence electrons. The minimum atomic E-state index is -3.35. The van der Waals surface area contributed by atoms with Gasteiger partial charge in [-0.1, -0.05) is 24.3 Å². The molecule has 3 rings (SSSR count). The van der Waals surface area contributed by atoms with Crippen LogP contribution in [0.2, 0.25) is 0 Å². The maximum absolute atomic E-state index is 12.3. The van der Waals surface area contributed by atoms with Crippen LogP contribution in [0, 0.1) is 0 Å². The second-order valence-corrected chi connectivity index (χ2v) is 7.32. The van der Waals surface area contributed by atoms with E-state index < -0.39 is 10.0 Å². The Labute approximate surface area is 149 Å². The summed E-state index contributed by atoms with van der Waals surface area (Å²) in [4.78, 5) is 12.3. The highest BCUT2D eigenvalue weighted by Crippen LogP contribution is 2.15. The van der Waals surface area contributed by atoms with Crippen LogP contribution in [0.4, 0.5) is 5.69 Å². The molecule has 0 aliphatic rings. The molecular formula is C16H16N6O3S. The van der Waals surface area contributed by atoms with E-state index in [1.165, 1.54) is 0 Å². The van der Waals surface area contributed by atoms with Crippen LogP contribution in [0.3, 0.4) is 0 Å². The van der Waals surface area contributed by atoms with Crippen molar-refractivity contribution in [3.63, 3.8) is 0 Å². The molecule has 1 aromatic heterocycles. The molecule has 0 spiro atoms. The van der Waals surface area contributed by atoms with Crippen molar-refractivity contribution in [3.05, 3.63) is 59.7 Å². The highest BCUT2D eigenvalue weighted by atomic mass is 32.2. The van der Waals surface area contributed by atoms with Crippen LogP contribution in [-0.2, 0) is 16.6 Å². The summed E-state index contributed by atoms with van der Waals surface area (Å²) in [6.45, 7) is 0.269. The van der Waals surface area contributed by atoms with Crippen molar-refractivity contribution >= 4 is 21.6 Å². The molecule has 0 saturated carbocycles. The number of aromatic amines is 1. The van der Waals surface area contributed by atoms with Crippen LogP contribution in [0.5, 0.6) is 0 Å². The zero-order valence-corrected chi connectivity index (χ0v) is 14.6. The number of anilines is 1. The largest absolute Gasteiger partial charge is 0.348 e. The van der Waals surface area contributed by atoms with Gasteiger partial charge in [0.15, 0.2) is 0 Å². The van der Waals surface area contributed by atoms with Gasteiger partial charge in [0.25, 0.3) is 5.91 Å². The highest BCUT2D eigenvalue weighted by Gasteiger charge is 2.08. The summed E-state index contributed by atoms with van der Waals surface area (Å²) in [6, 6.07) is 13.6. The lowest BCUT2D eigenvalue weighted by atomic mass is 10.1. The summed E-state index contributed by atoms with van der Waals surface area (Å²) in [5.74, 6) is 0.207. The van der Waals surface area contributed by atoms with Gasteiger partial charge in [0.05, 0.1) is 6.26 Å². The smallest absolute Gasteiger partial charge is 0.251 e. The van der Waals surface area contributed by atoms with Crippen molar-refractivity contribution < 1.29 is 13.2 Å². The Morgan fingerprint density at radius 1 is 1.15 bits per heavy atom. The fourth-order valence-electron chi connectivity index (χ4n) is 2.30. The number of carbonyl (C=O) groups is 1. The number of benzene rings is 2. The van der Waals surface area contributed by atoms with Gasteiger partial charge < -0.3 is 5.32 Å². The zero-order valence-electron chi connectivity index (χ0n) is 13.8. The van der Waals surface area contributed by atoms with Gasteiger partial charge in [-0.15, -0.1) is 10.2 Å². The number of hydrogen-bond acceptors (Lipinski definition) is 6. The lowest BCUT2D eigenvalue weighted by molar-refractivity contribution is 0.0951. The van der Waals surface area contributed by atoms with Crippen molar-refractivity contribution in [3.8, 4) is 11.4 Å². The molecule has 1 amide bonds. The molecule has 2 aromatic carbocycles. The molecular weight excluding hydrogens is 356 g/mol. The van der Waals surface area contributed by atoms with Crippen molar-refractivity contribution in [2.24, 2.45) is 0 Å². The Bertz CT molecular complexity index is 1000. The van der Waals surface area contributed by atoms with Crippen LogP contribution < -0.4 is 10.0 Å². The normalized spacial score (nSPS) is 11.1. The molecule has 0 fully saturated rings. The van der Waals surface area contributed by atoms with Gasteiger partial charge >= 0.3 is 0 Å². The van der Waals surface area contributed by atoms with E-state index in [4.69, 9.17) is 0 Å². The summed E-state index contributed by atoms with van der Waals surface area (Å²) in [6.07, 6.45) is 1.08. The second-order valence-electron chi connectivity index (χ2n) is 5.57. The molecule has 0 unspecified atom stereocenters. The number of amides is 1. The molecule has 1 heterocycles. The molecule has 0 saturated heterocycles. The Balaban J connectivity index is 1.63. The first-order chi connectivity index (χ1) is 12.4. The summed E-state index contributed by atoms with van der Waals surface area (Å²) in [5.41, 5.74) is 2.46. The Hall–Kier alpha value is -3.27. The van der Waals surface area contributed by atoms with Gasteiger partial charge in [0, 0.05) is 23.4 Å². The molecule has 0 aliphatic carbocycles. The van der Waals surface area contributed by atoms with E-state index in [1.54, 1.807) is 48.5 Å². The van der Waals surface area contributed by atoms with Crippen LogP contribution in [0.15, 0.2) is 48.5 Å². The standard InChI is InChI=1S/C16H16N6O3S/c1-26(24,25)20-14-4-2-3-11(9-14)10-17-16(23)13-7-5-12(6-8-13)15-18-21-22-19-15/h2-9,20H,10H2,1H3,(H,17,23)(H,18,19,21,22). The molecule has 10 heteroatoms. The first-order valence-electron chi connectivity index (χ1n) is 7.59. The number of H-pyrrole nitrogens is 1. The molecule has 26 heavy (non-hydrogen) atoms. The average molecular weight is 372 g/mol. The van der Waals surface area contributed by atoms with Crippen molar-refractivity contribution in [2.75, 3.05) is 11.0 Å².